The van der Waals surface area contributed by atoms with Crippen molar-refractivity contribution in [3.8, 4) is 23.3 Å². The minimum absolute atomic E-state index is 0.116. The number of aromatic nitrogens is 1. The molecule has 0 radical (unpaired) electrons. The van der Waals surface area contributed by atoms with Crippen molar-refractivity contribution in [2.24, 2.45) is 0 Å². The third kappa shape index (κ3) is 5.42. The van der Waals surface area contributed by atoms with Crippen molar-refractivity contribution in [1.82, 2.24) is 4.98 Å². The molecule has 1 N–H and O–H groups in total. The number of nitriles is 1. The van der Waals surface area contributed by atoms with Crippen LogP contribution < -0.4 is 19.5 Å². The molecule has 0 fully saturated rings. The van der Waals surface area contributed by atoms with Crippen molar-refractivity contribution in [3.05, 3.63) is 70.0 Å². The van der Waals surface area contributed by atoms with Gasteiger partial charge < -0.3 is 14.2 Å². The van der Waals surface area contributed by atoms with Gasteiger partial charge in [0.05, 0.1) is 21.3 Å². The van der Waals surface area contributed by atoms with Gasteiger partial charge >= 0.3 is 0 Å². The van der Waals surface area contributed by atoms with E-state index in [1.54, 1.807) is 30.5 Å². The second-order valence-electron chi connectivity index (χ2n) is 6.52. The minimum Gasteiger partial charge on any atom is -0.493 e. The number of nitrogens with zero attached hydrogens (tertiary/aromatic N) is 2. The van der Waals surface area contributed by atoms with Crippen LogP contribution >= 0.6 is 11.3 Å². The van der Waals surface area contributed by atoms with Crippen LogP contribution in [0.4, 0.5) is 9.52 Å². The average molecular weight is 453 g/mol. The maximum Gasteiger partial charge on any atom is 0.268 e. The molecule has 164 valence electrons. The fraction of sp³-hybridized carbons (Fsp3) is 0.174. The predicted molar refractivity (Wildman–Crippen MR) is 120 cm³/mol. The highest BCUT2D eigenvalue weighted by molar-refractivity contribution is 7.15. The van der Waals surface area contributed by atoms with Gasteiger partial charge in [-0.15, -0.1) is 11.3 Å². The summed E-state index contributed by atoms with van der Waals surface area (Å²) in [6.45, 7) is 0. The number of benzene rings is 2. The maximum absolute atomic E-state index is 13.1. The van der Waals surface area contributed by atoms with Crippen molar-refractivity contribution < 1.29 is 23.4 Å². The Morgan fingerprint density at radius 2 is 1.81 bits per heavy atom. The van der Waals surface area contributed by atoms with E-state index in [9.17, 15) is 14.4 Å². The smallest absolute Gasteiger partial charge is 0.268 e. The van der Waals surface area contributed by atoms with Gasteiger partial charge in [0.1, 0.15) is 17.5 Å². The van der Waals surface area contributed by atoms with Crippen LogP contribution in [0.1, 0.15) is 16.0 Å². The first-order valence-electron chi connectivity index (χ1n) is 9.39. The number of halogens is 1. The number of ether oxygens (including phenoxy) is 3. The SMILES string of the molecule is COc1cc(C=C(C#N)C(=O)Nc2ncc(Cc3ccc(F)cc3)s2)cc(OC)c1OC. The molecular formula is C23H20FN3O4S. The highest BCUT2D eigenvalue weighted by atomic mass is 32.1. The largest absolute Gasteiger partial charge is 0.493 e. The van der Waals surface area contributed by atoms with Crippen LogP contribution in [-0.4, -0.2) is 32.2 Å². The molecule has 0 bridgehead atoms. The summed E-state index contributed by atoms with van der Waals surface area (Å²) >= 11 is 1.28. The van der Waals surface area contributed by atoms with Gasteiger partial charge in [0, 0.05) is 17.5 Å². The monoisotopic (exact) mass is 453 g/mol. The lowest BCUT2D eigenvalue weighted by atomic mass is 10.1. The quantitative estimate of drug-likeness (QED) is 0.400. The number of carbonyl (C=O) groups is 1. The molecule has 3 aromatic rings. The number of hydrogen-bond acceptors (Lipinski definition) is 7. The van der Waals surface area contributed by atoms with E-state index in [0.717, 1.165) is 10.4 Å². The van der Waals surface area contributed by atoms with E-state index < -0.39 is 5.91 Å². The highest BCUT2D eigenvalue weighted by Gasteiger charge is 2.16. The van der Waals surface area contributed by atoms with Gasteiger partial charge in [0.15, 0.2) is 16.6 Å². The highest BCUT2D eigenvalue weighted by Crippen LogP contribution is 2.38. The summed E-state index contributed by atoms with van der Waals surface area (Å²) in [7, 11) is 4.45. The molecule has 0 aliphatic carbocycles. The molecular weight excluding hydrogens is 433 g/mol. The van der Waals surface area contributed by atoms with Crippen molar-refractivity contribution in [2.45, 2.75) is 6.42 Å². The molecule has 2 aromatic carbocycles. The molecule has 0 saturated heterocycles. The van der Waals surface area contributed by atoms with Crippen LogP contribution in [0.15, 0.2) is 48.2 Å². The Bertz CT molecular complexity index is 1160. The van der Waals surface area contributed by atoms with Crippen molar-refractivity contribution in [1.29, 1.82) is 5.26 Å². The van der Waals surface area contributed by atoms with E-state index >= 15 is 0 Å². The van der Waals surface area contributed by atoms with Crippen LogP contribution in [0, 0.1) is 17.1 Å². The Kier molecular flexibility index (Phi) is 7.41. The zero-order chi connectivity index (χ0) is 23.1. The van der Waals surface area contributed by atoms with Crippen LogP contribution in [0.3, 0.4) is 0 Å². The van der Waals surface area contributed by atoms with E-state index in [1.807, 2.05) is 6.07 Å². The molecule has 9 heteroatoms. The number of hydrogen-bond donors (Lipinski definition) is 1. The molecule has 0 saturated carbocycles. The number of amides is 1. The Balaban J connectivity index is 1.77. The third-order valence-corrected chi connectivity index (χ3v) is 5.34. The van der Waals surface area contributed by atoms with Gasteiger partial charge in [-0.25, -0.2) is 9.37 Å². The Morgan fingerprint density at radius 3 is 2.38 bits per heavy atom. The van der Waals surface area contributed by atoms with Gasteiger partial charge in [-0.1, -0.05) is 12.1 Å². The Hall–Kier alpha value is -3.90. The molecule has 1 amide bonds. The fourth-order valence-corrected chi connectivity index (χ4v) is 3.76. The third-order valence-electron chi connectivity index (χ3n) is 4.43. The second-order valence-corrected chi connectivity index (χ2v) is 7.63. The molecule has 0 aliphatic rings. The van der Waals surface area contributed by atoms with Gasteiger partial charge in [0.2, 0.25) is 5.75 Å². The topological polar surface area (TPSA) is 93.5 Å². The van der Waals surface area contributed by atoms with E-state index in [4.69, 9.17) is 14.2 Å². The molecule has 0 atom stereocenters. The lowest BCUT2D eigenvalue weighted by Gasteiger charge is -2.13. The first kappa shape index (κ1) is 22.8. The van der Waals surface area contributed by atoms with Crippen LogP contribution in [0.25, 0.3) is 6.08 Å². The van der Waals surface area contributed by atoms with Crippen LogP contribution in [0.5, 0.6) is 17.2 Å². The van der Waals surface area contributed by atoms with Crippen molar-refractivity contribution >= 4 is 28.5 Å². The number of methoxy groups -OCH3 is 3. The normalized spacial score (nSPS) is 10.9. The summed E-state index contributed by atoms with van der Waals surface area (Å²) in [6, 6.07) is 11.4. The van der Waals surface area contributed by atoms with Crippen molar-refractivity contribution in [3.63, 3.8) is 0 Å². The average Bonchev–Trinajstić information content (AvgIpc) is 3.24. The number of thiazole rings is 1. The molecule has 1 aromatic heterocycles. The molecule has 3 rings (SSSR count). The summed E-state index contributed by atoms with van der Waals surface area (Å²) in [5.74, 6) is 0.326. The number of rotatable bonds is 8. The molecule has 0 unspecified atom stereocenters. The van der Waals surface area contributed by atoms with Gasteiger partial charge in [-0.2, -0.15) is 5.26 Å². The van der Waals surface area contributed by atoms with Gasteiger partial charge in [-0.05, 0) is 41.5 Å². The summed E-state index contributed by atoms with van der Waals surface area (Å²) in [6.07, 6.45) is 3.62. The molecule has 0 spiro atoms. The lowest BCUT2D eigenvalue weighted by molar-refractivity contribution is -0.112. The first-order valence-corrected chi connectivity index (χ1v) is 10.2. The first-order chi connectivity index (χ1) is 15.5. The van der Waals surface area contributed by atoms with Crippen LogP contribution in [0.2, 0.25) is 0 Å². The lowest BCUT2D eigenvalue weighted by Crippen LogP contribution is -2.13. The molecule has 7 nitrogen and oxygen atoms in total. The van der Waals surface area contributed by atoms with Crippen molar-refractivity contribution in [2.75, 3.05) is 26.6 Å². The van der Waals surface area contributed by atoms with Gasteiger partial charge in [0.25, 0.3) is 5.91 Å². The van der Waals surface area contributed by atoms with E-state index in [1.165, 1.54) is 50.9 Å². The Labute approximate surface area is 188 Å². The van der Waals surface area contributed by atoms with E-state index in [-0.39, 0.29) is 11.4 Å². The van der Waals surface area contributed by atoms with E-state index in [0.29, 0.717) is 34.4 Å². The number of nitrogens with one attached hydrogen (secondary N) is 1. The zero-order valence-corrected chi connectivity index (χ0v) is 18.5. The zero-order valence-electron chi connectivity index (χ0n) is 17.6. The molecule has 32 heavy (non-hydrogen) atoms. The maximum atomic E-state index is 13.1. The Morgan fingerprint density at radius 1 is 1.16 bits per heavy atom. The van der Waals surface area contributed by atoms with Gasteiger partial charge in [-0.3, -0.25) is 10.1 Å². The molecule has 1 heterocycles. The standard InChI is InChI=1S/C23H20FN3O4S/c1-29-19-10-15(11-20(30-2)21(19)31-3)8-16(12-25)22(28)27-23-26-13-18(32-23)9-14-4-6-17(24)7-5-14/h4-8,10-11,13H,9H2,1-3H3,(H,26,27,28). The summed E-state index contributed by atoms with van der Waals surface area (Å²) in [5, 5.41) is 12.5. The minimum atomic E-state index is -0.594. The van der Waals surface area contributed by atoms with E-state index in [2.05, 4.69) is 10.3 Å². The summed E-state index contributed by atoms with van der Waals surface area (Å²) < 4.78 is 28.9. The summed E-state index contributed by atoms with van der Waals surface area (Å²) in [4.78, 5) is 17.7. The molecule has 0 aliphatic heterocycles. The summed E-state index contributed by atoms with van der Waals surface area (Å²) in [5.41, 5.74) is 1.34. The fourth-order valence-electron chi connectivity index (χ4n) is 2.91. The predicted octanol–water partition coefficient (Wildman–Crippen LogP) is 4.44. The number of anilines is 1. The van der Waals surface area contributed by atoms with Crippen LogP contribution in [-0.2, 0) is 11.2 Å². The number of carbonyl (C=O) groups excluding carboxylic acids is 1. The second kappa shape index (κ2) is 10.4.